The molecule has 0 heteroatoms. The number of rotatable bonds is 0. The van der Waals surface area contributed by atoms with E-state index in [2.05, 4.69) is 31.2 Å². The van der Waals surface area contributed by atoms with Gasteiger partial charge < -0.3 is 0 Å². The largest absolute Gasteiger partial charge is 0.0661 e. The van der Waals surface area contributed by atoms with E-state index in [-0.39, 0.29) is 0 Å². The van der Waals surface area contributed by atoms with E-state index in [1.807, 2.05) is 0 Å². The predicted octanol–water partition coefficient (Wildman–Crippen LogP) is 4.21. The second-order valence-corrected chi connectivity index (χ2v) is 5.09. The van der Waals surface area contributed by atoms with Gasteiger partial charge in [-0.2, -0.15) is 0 Å². The standard InChI is InChI=1S/C15H18/c1-11-6-7-13-9-8-12-4-2-3-5-14(12)15(13)10-11/h2-5,11H,6-10H2,1H3. The summed E-state index contributed by atoms with van der Waals surface area (Å²) >= 11 is 0. The number of benzene rings is 1. The van der Waals surface area contributed by atoms with Crippen LogP contribution in [0.2, 0.25) is 0 Å². The molecule has 0 radical (unpaired) electrons. The second-order valence-electron chi connectivity index (χ2n) is 5.09. The molecule has 78 valence electrons. The van der Waals surface area contributed by atoms with Crippen LogP contribution in [0.25, 0.3) is 5.57 Å². The van der Waals surface area contributed by atoms with E-state index >= 15 is 0 Å². The van der Waals surface area contributed by atoms with Crippen LogP contribution in [0, 0.1) is 5.92 Å². The first kappa shape index (κ1) is 9.21. The van der Waals surface area contributed by atoms with E-state index in [9.17, 15) is 0 Å². The van der Waals surface area contributed by atoms with Gasteiger partial charge in [0.05, 0.1) is 0 Å². The minimum atomic E-state index is 0.884. The molecule has 1 unspecified atom stereocenters. The Hall–Kier alpha value is -1.04. The summed E-state index contributed by atoms with van der Waals surface area (Å²) in [5, 5.41) is 0. The Morgan fingerprint density at radius 3 is 2.87 bits per heavy atom. The number of aryl methyl sites for hydroxylation is 1. The summed E-state index contributed by atoms with van der Waals surface area (Å²) in [5.41, 5.74) is 6.58. The zero-order valence-electron chi connectivity index (χ0n) is 9.42. The van der Waals surface area contributed by atoms with Crippen LogP contribution in [0.15, 0.2) is 29.8 Å². The van der Waals surface area contributed by atoms with Gasteiger partial charge in [-0.1, -0.05) is 36.8 Å². The molecule has 0 bridgehead atoms. The molecule has 1 aromatic rings. The third-order valence-corrected chi connectivity index (χ3v) is 3.96. The first-order chi connectivity index (χ1) is 7.34. The van der Waals surface area contributed by atoms with E-state index in [1.165, 1.54) is 32.1 Å². The molecule has 0 saturated heterocycles. The van der Waals surface area contributed by atoms with E-state index in [1.54, 1.807) is 22.3 Å². The average Bonchev–Trinajstić information content (AvgIpc) is 2.29. The fourth-order valence-corrected chi connectivity index (χ4v) is 3.06. The minimum absolute atomic E-state index is 0.884. The predicted molar refractivity (Wildman–Crippen MR) is 64.7 cm³/mol. The van der Waals surface area contributed by atoms with Crippen LogP contribution < -0.4 is 0 Å². The molecule has 0 spiro atoms. The Morgan fingerprint density at radius 1 is 1.07 bits per heavy atom. The van der Waals surface area contributed by atoms with Crippen molar-refractivity contribution in [2.24, 2.45) is 5.92 Å². The number of allylic oxidation sites excluding steroid dienone is 2. The molecular weight excluding hydrogens is 180 g/mol. The van der Waals surface area contributed by atoms with Crippen LogP contribution in [0.4, 0.5) is 0 Å². The van der Waals surface area contributed by atoms with Crippen molar-refractivity contribution in [2.45, 2.75) is 39.0 Å². The Balaban J connectivity index is 2.09. The smallest absolute Gasteiger partial charge is 0.0193 e. The SMILES string of the molecule is CC1CCC2=C(C1)c1ccccc1CC2. The summed E-state index contributed by atoms with van der Waals surface area (Å²) in [6.45, 7) is 2.39. The maximum Gasteiger partial charge on any atom is -0.0193 e. The fourth-order valence-electron chi connectivity index (χ4n) is 3.06. The van der Waals surface area contributed by atoms with Gasteiger partial charge in [0.25, 0.3) is 0 Å². The molecule has 0 amide bonds. The zero-order valence-corrected chi connectivity index (χ0v) is 9.42. The van der Waals surface area contributed by atoms with Gasteiger partial charge in [-0.3, -0.25) is 0 Å². The summed E-state index contributed by atoms with van der Waals surface area (Å²) in [6, 6.07) is 8.99. The molecule has 0 heterocycles. The molecule has 1 aromatic carbocycles. The van der Waals surface area contributed by atoms with Gasteiger partial charge >= 0.3 is 0 Å². The van der Waals surface area contributed by atoms with Crippen LogP contribution in [0.3, 0.4) is 0 Å². The molecule has 0 aliphatic heterocycles. The first-order valence-corrected chi connectivity index (χ1v) is 6.14. The Morgan fingerprint density at radius 2 is 1.93 bits per heavy atom. The summed E-state index contributed by atoms with van der Waals surface area (Å²) < 4.78 is 0. The fraction of sp³-hybridized carbons (Fsp3) is 0.467. The van der Waals surface area contributed by atoms with Crippen LogP contribution in [0.1, 0.15) is 43.7 Å². The lowest BCUT2D eigenvalue weighted by molar-refractivity contribution is 0.512. The zero-order chi connectivity index (χ0) is 10.3. The van der Waals surface area contributed by atoms with E-state index in [0.717, 1.165) is 5.92 Å². The molecule has 0 fully saturated rings. The Kier molecular flexibility index (Phi) is 2.16. The normalized spacial score (nSPS) is 24.7. The van der Waals surface area contributed by atoms with E-state index in [4.69, 9.17) is 0 Å². The number of fused-ring (bicyclic) bond motifs is 2. The van der Waals surface area contributed by atoms with Gasteiger partial charge in [0.1, 0.15) is 0 Å². The van der Waals surface area contributed by atoms with E-state index in [0.29, 0.717) is 0 Å². The van der Waals surface area contributed by atoms with Gasteiger partial charge in [0.2, 0.25) is 0 Å². The monoisotopic (exact) mass is 198 g/mol. The van der Waals surface area contributed by atoms with Gasteiger partial charge in [0, 0.05) is 0 Å². The second kappa shape index (κ2) is 3.52. The lowest BCUT2D eigenvalue weighted by atomic mass is 9.75. The summed E-state index contributed by atoms with van der Waals surface area (Å²) in [6.07, 6.45) is 6.65. The van der Waals surface area contributed by atoms with Crippen LogP contribution in [-0.4, -0.2) is 0 Å². The summed E-state index contributed by atoms with van der Waals surface area (Å²) in [7, 11) is 0. The van der Waals surface area contributed by atoms with Crippen molar-refractivity contribution >= 4 is 5.57 Å². The molecule has 2 aliphatic rings. The van der Waals surface area contributed by atoms with Gasteiger partial charge in [-0.05, 0) is 54.7 Å². The topological polar surface area (TPSA) is 0 Å². The quantitative estimate of drug-likeness (QED) is 0.586. The highest BCUT2D eigenvalue weighted by atomic mass is 14.3. The van der Waals surface area contributed by atoms with E-state index < -0.39 is 0 Å². The molecule has 0 nitrogen and oxygen atoms in total. The summed E-state index contributed by atoms with van der Waals surface area (Å²) in [5.74, 6) is 0.884. The average molecular weight is 198 g/mol. The van der Waals surface area contributed by atoms with Gasteiger partial charge in [-0.25, -0.2) is 0 Å². The molecular formula is C15H18. The molecule has 0 N–H and O–H groups in total. The highest BCUT2D eigenvalue weighted by Crippen LogP contribution is 2.41. The third-order valence-electron chi connectivity index (χ3n) is 3.96. The summed E-state index contributed by atoms with van der Waals surface area (Å²) in [4.78, 5) is 0. The number of hydrogen-bond donors (Lipinski definition) is 0. The number of hydrogen-bond acceptors (Lipinski definition) is 0. The Bertz CT molecular complexity index is 412. The first-order valence-electron chi connectivity index (χ1n) is 6.14. The van der Waals surface area contributed by atoms with Crippen molar-refractivity contribution in [1.82, 2.24) is 0 Å². The Labute approximate surface area is 92.0 Å². The van der Waals surface area contributed by atoms with Crippen LogP contribution in [0.5, 0.6) is 0 Å². The highest BCUT2D eigenvalue weighted by Gasteiger charge is 2.23. The van der Waals surface area contributed by atoms with Gasteiger partial charge in [-0.15, -0.1) is 0 Å². The lowest BCUT2D eigenvalue weighted by Gasteiger charge is -2.30. The van der Waals surface area contributed by atoms with Crippen LogP contribution in [-0.2, 0) is 6.42 Å². The lowest BCUT2D eigenvalue weighted by Crippen LogP contribution is -2.13. The maximum atomic E-state index is 2.39. The third kappa shape index (κ3) is 1.52. The van der Waals surface area contributed by atoms with Crippen molar-refractivity contribution in [3.8, 4) is 0 Å². The molecule has 15 heavy (non-hydrogen) atoms. The van der Waals surface area contributed by atoms with Crippen LogP contribution >= 0.6 is 0 Å². The highest BCUT2D eigenvalue weighted by molar-refractivity contribution is 5.73. The van der Waals surface area contributed by atoms with Crippen molar-refractivity contribution in [1.29, 1.82) is 0 Å². The van der Waals surface area contributed by atoms with Crippen molar-refractivity contribution in [2.75, 3.05) is 0 Å². The van der Waals surface area contributed by atoms with Crippen molar-refractivity contribution in [3.63, 3.8) is 0 Å². The van der Waals surface area contributed by atoms with Crippen molar-refractivity contribution in [3.05, 3.63) is 41.0 Å². The maximum absolute atomic E-state index is 2.39. The molecule has 0 aromatic heterocycles. The molecule has 1 atom stereocenters. The molecule has 2 aliphatic carbocycles. The molecule has 0 saturated carbocycles. The molecule has 3 rings (SSSR count). The van der Waals surface area contributed by atoms with Gasteiger partial charge in [0.15, 0.2) is 0 Å². The van der Waals surface area contributed by atoms with Crippen molar-refractivity contribution < 1.29 is 0 Å². The minimum Gasteiger partial charge on any atom is -0.0661 e.